The van der Waals surface area contributed by atoms with Gasteiger partial charge in [0, 0.05) is 38.2 Å². The quantitative estimate of drug-likeness (QED) is 0.842. The van der Waals surface area contributed by atoms with Gasteiger partial charge in [-0.25, -0.2) is 0 Å². The summed E-state index contributed by atoms with van der Waals surface area (Å²) in [6, 6.07) is 7.44. The molecule has 0 atom stereocenters. The Labute approximate surface area is 94.1 Å². The molecule has 2 aromatic heterocycles. The number of aromatic nitrogens is 2. The van der Waals surface area contributed by atoms with Crippen molar-refractivity contribution in [3.05, 3.63) is 52.7 Å². The molecule has 1 N–H and O–H groups in total. The third kappa shape index (κ3) is 2.16. The van der Waals surface area contributed by atoms with Gasteiger partial charge in [0.15, 0.2) is 0 Å². The molecule has 2 heterocycles. The number of pyridine rings is 1. The lowest BCUT2D eigenvalue weighted by Gasteiger charge is -2.08. The van der Waals surface area contributed by atoms with Crippen molar-refractivity contribution >= 4 is 5.69 Å². The van der Waals surface area contributed by atoms with E-state index in [9.17, 15) is 4.79 Å². The first kappa shape index (κ1) is 10.5. The molecule has 0 aliphatic rings. The zero-order chi connectivity index (χ0) is 11.5. The average molecular weight is 217 g/mol. The fourth-order valence-corrected chi connectivity index (χ4v) is 1.57. The SMILES string of the molecule is Cn1cccc1CNc1ccc(=O)n(C)c1. The summed E-state index contributed by atoms with van der Waals surface area (Å²) in [6.07, 6.45) is 3.81. The molecule has 0 fully saturated rings. The van der Waals surface area contributed by atoms with E-state index in [1.807, 2.05) is 19.3 Å². The summed E-state index contributed by atoms with van der Waals surface area (Å²) in [5, 5.41) is 3.28. The highest BCUT2D eigenvalue weighted by Crippen LogP contribution is 2.06. The highest BCUT2D eigenvalue weighted by molar-refractivity contribution is 5.40. The van der Waals surface area contributed by atoms with Crippen molar-refractivity contribution in [3.8, 4) is 0 Å². The van der Waals surface area contributed by atoms with Crippen molar-refractivity contribution in [3.63, 3.8) is 0 Å². The van der Waals surface area contributed by atoms with Gasteiger partial charge >= 0.3 is 0 Å². The predicted octanol–water partition coefficient (Wildman–Crippen LogP) is 1.34. The summed E-state index contributed by atoms with van der Waals surface area (Å²) >= 11 is 0. The van der Waals surface area contributed by atoms with Gasteiger partial charge in [0.25, 0.3) is 0 Å². The number of rotatable bonds is 3. The molecule has 0 bridgehead atoms. The maximum Gasteiger partial charge on any atom is 0.250 e. The van der Waals surface area contributed by atoms with Crippen LogP contribution in [0.3, 0.4) is 0 Å². The topological polar surface area (TPSA) is 39.0 Å². The summed E-state index contributed by atoms with van der Waals surface area (Å²) in [5.41, 5.74) is 2.15. The second kappa shape index (κ2) is 4.26. The van der Waals surface area contributed by atoms with Gasteiger partial charge in [0.2, 0.25) is 5.56 Å². The zero-order valence-corrected chi connectivity index (χ0v) is 9.47. The zero-order valence-electron chi connectivity index (χ0n) is 9.47. The highest BCUT2D eigenvalue weighted by atomic mass is 16.1. The van der Waals surface area contributed by atoms with Gasteiger partial charge in [-0.15, -0.1) is 0 Å². The Morgan fingerprint density at radius 3 is 2.62 bits per heavy atom. The largest absolute Gasteiger partial charge is 0.378 e. The van der Waals surface area contributed by atoms with Crippen molar-refractivity contribution in [2.45, 2.75) is 6.54 Å². The van der Waals surface area contributed by atoms with Gasteiger partial charge in [-0.1, -0.05) is 0 Å². The van der Waals surface area contributed by atoms with Crippen LogP contribution >= 0.6 is 0 Å². The fourth-order valence-electron chi connectivity index (χ4n) is 1.57. The molecule has 0 aliphatic heterocycles. The summed E-state index contributed by atoms with van der Waals surface area (Å²) in [6.45, 7) is 0.752. The monoisotopic (exact) mass is 217 g/mol. The molecule has 0 saturated heterocycles. The van der Waals surface area contributed by atoms with Crippen LogP contribution in [-0.4, -0.2) is 9.13 Å². The van der Waals surface area contributed by atoms with Crippen LogP contribution in [0, 0.1) is 0 Å². The van der Waals surface area contributed by atoms with Gasteiger partial charge in [0.1, 0.15) is 0 Å². The minimum atomic E-state index is 0.00409. The van der Waals surface area contributed by atoms with E-state index in [4.69, 9.17) is 0 Å². The summed E-state index contributed by atoms with van der Waals surface area (Å²) in [5.74, 6) is 0. The molecule has 0 amide bonds. The lowest BCUT2D eigenvalue weighted by atomic mass is 10.3. The molecular formula is C12H15N3O. The maximum atomic E-state index is 11.2. The van der Waals surface area contributed by atoms with Crippen molar-refractivity contribution in [1.29, 1.82) is 0 Å². The highest BCUT2D eigenvalue weighted by Gasteiger charge is 1.98. The third-order valence-corrected chi connectivity index (χ3v) is 2.61. The second-order valence-corrected chi connectivity index (χ2v) is 3.83. The first-order valence-corrected chi connectivity index (χ1v) is 5.17. The molecule has 0 aromatic carbocycles. The number of nitrogens with zero attached hydrogens (tertiary/aromatic N) is 2. The lowest BCUT2D eigenvalue weighted by Crippen LogP contribution is -2.15. The third-order valence-electron chi connectivity index (χ3n) is 2.61. The Bertz CT molecular complexity index is 539. The van der Waals surface area contributed by atoms with Crippen LogP contribution in [0.1, 0.15) is 5.69 Å². The van der Waals surface area contributed by atoms with Crippen LogP contribution in [0.4, 0.5) is 5.69 Å². The van der Waals surface area contributed by atoms with Crippen LogP contribution in [-0.2, 0) is 20.6 Å². The van der Waals surface area contributed by atoms with E-state index in [1.54, 1.807) is 29.9 Å². The first-order valence-electron chi connectivity index (χ1n) is 5.17. The van der Waals surface area contributed by atoms with Gasteiger partial charge in [-0.2, -0.15) is 0 Å². The second-order valence-electron chi connectivity index (χ2n) is 3.83. The van der Waals surface area contributed by atoms with Crippen LogP contribution in [0.25, 0.3) is 0 Å². The standard InChI is InChI=1S/C12H15N3O/c1-14-7-3-4-11(14)8-13-10-5-6-12(16)15(2)9-10/h3-7,9,13H,8H2,1-2H3. The molecule has 0 aliphatic carbocycles. The normalized spacial score (nSPS) is 10.4. The van der Waals surface area contributed by atoms with Gasteiger partial charge in [-0.05, 0) is 18.2 Å². The van der Waals surface area contributed by atoms with Gasteiger partial charge in [-0.3, -0.25) is 4.79 Å². The maximum absolute atomic E-state index is 11.2. The lowest BCUT2D eigenvalue weighted by molar-refractivity contribution is 0.833. The van der Waals surface area contributed by atoms with Crippen LogP contribution in [0.5, 0.6) is 0 Å². The van der Waals surface area contributed by atoms with Crippen LogP contribution in [0.2, 0.25) is 0 Å². The molecule has 84 valence electrons. The predicted molar refractivity (Wildman–Crippen MR) is 64.4 cm³/mol. The molecule has 0 radical (unpaired) electrons. The van der Waals surface area contributed by atoms with Gasteiger partial charge < -0.3 is 14.5 Å². The average Bonchev–Trinajstić information content (AvgIpc) is 2.66. The number of nitrogens with one attached hydrogen (secondary N) is 1. The van der Waals surface area contributed by atoms with Crippen LogP contribution < -0.4 is 10.9 Å². The molecule has 0 unspecified atom stereocenters. The Kier molecular flexibility index (Phi) is 2.81. The number of hydrogen-bond donors (Lipinski definition) is 1. The first-order chi connectivity index (χ1) is 7.66. The molecule has 4 nitrogen and oxygen atoms in total. The van der Waals surface area contributed by atoms with Gasteiger partial charge in [0.05, 0.1) is 12.2 Å². The van der Waals surface area contributed by atoms with E-state index in [-0.39, 0.29) is 5.56 Å². The molecule has 4 heteroatoms. The van der Waals surface area contributed by atoms with Crippen molar-refractivity contribution in [2.75, 3.05) is 5.32 Å². The Hall–Kier alpha value is -1.97. The minimum Gasteiger partial charge on any atom is -0.378 e. The van der Waals surface area contributed by atoms with Crippen molar-refractivity contribution in [2.24, 2.45) is 14.1 Å². The van der Waals surface area contributed by atoms with Crippen molar-refractivity contribution in [1.82, 2.24) is 9.13 Å². The Morgan fingerprint density at radius 1 is 1.19 bits per heavy atom. The fraction of sp³-hybridized carbons (Fsp3) is 0.250. The molecule has 0 saturated carbocycles. The minimum absolute atomic E-state index is 0.00409. The Balaban J connectivity index is 2.08. The van der Waals surface area contributed by atoms with E-state index in [1.165, 1.54) is 5.69 Å². The summed E-state index contributed by atoms with van der Waals surface area (Å²) < 4.78 is 3.63. The van der Waals surface area contributed by atoms with Crippen LogP contribution in [0.15, 0.2) is 41.5 Å². The summed E-state index contributed by atoms with van der Waals surface area (Å²) in [7, 11) is 3.76. The van der Waals surface area contributed by atoms with Crippen molar-refractivity contribution < 1.29 is 0 Å². The van der Waals surface area contributed by atoms with E-state index >= 15 is 0 Å². The Morgan fingerprint density at radius 2 is 2.00 bits per heavy atom. The van der Waals surface area contributed by atoms with E-state index < -0.39 is 0 Å². The molecular weight excluding hydrogens is 202 g/mol. The van der Waals surface area contributed by atoms with E-state index in [2.05, 4.69) is 16.0 Å². The number of aryl methyl sites for hydroxylation is 2. The molecule has 2 rings (SSSR count). The number of hydrogen-bond acceptors (Lipinski definition) is 2. The molecule has 2 aromatic rings. The smallest absolute Gasteiger partial charge is 0.250 e. The number of anilines is 1. The summed E-state index contributed by atoms with van der Waals surface area (Å²) in [4.78, 5) is 11.2. The van der Waals surface area contributed by atoms with E-state index in [0.29, 0.717) is 0 Å². The molecule has 16 heavy (non-hydrogen) atoms. The molecule has 0 spiro atoms. The van der Waals surface area contributed by atoms with E-state index in [0.717, 1.165) is 12.2 Å².